The minimum Gasteiger partial charge on any atom is -0.478 e. The van der Waals surface area contributed by atoms with Gasteiger partial charge in [0.1, 0.15) is 5.65 Å². The maximum Gasteiger partial charge on any atom is 0.335 e. The number of benzene rings is 1. The maximum atomic E-state index is 12.8. The SMILES string of the molecule is [2H]C([2H])([2H])N(C(=O)Cc1c(-c2ccc(C(=O)O)cc2)nc2ccc(C)cn12)C([2H])([2H])[2H]. The molecule has 0 spiro atoms. The Hall–Kier alpha value is -3.15. The van der Waals surface area contributed by atoms with Gasteiger partial charge in [-0.2, -0.15) is 0 Å². The first-order valence-electron chi connectivity index (χ1n) is 10.4. The Labute approximate surface area is 153 Å². The lowest BCUT2D eigenvalue weighted by molar-refractivity contribution is -0.128. The lowest BCUT2D eigenvalue weighted by atomic mass is 10.1. The van der Waals surface area contributed by atoms with Gasteiger partial charge in [-0.25, -0.2) is 9.78 Å². The fraction of sp³-hybridized carbons (Fsp3) is 0.211. The third kappa shape index (κ3) is 3.24. The number of carbonyl (C=O) groups is 2. The van der Waals surface area contributed by atoms with E-state index >= 15 is 0 Å². The molecule has 0 fully saturated rings. The summed E-state index contributed by atoms with van der Waals surface area (Å²) in [6.07, 6.45) is 1.17. The fourth-order valence-electron chi connectivity index (χ4n) is 2.59. The Morgan fingerprint density at radius 3 is 2.56 bits per heavy atom. The molecule has 0 aliphatic rings. The average Bonchev–Trinajstić information content (AvgIpc) is 2.97. The van der Waals surface area contributed by atoms with E-state index in [9.17, 15) is 9.59 Å². The molecular weight excluding hydrogens is 318 g/mol. The van der Waals surface area contributed by atoms with Crippen molar-refractivity contribution in [3.05, 3.63) is 59.4 Å². The Morgan fingerprint density at radius 2 is 1.92 bits per heavy atom. The lowest BCUT2D eigenvalue weighted by Crippen LogP contribution is -2.24. The standard InChI is InChI=1S/C19H19N3O3/c1-12-4-9-16-20-18(13-5-7-14(8-6-13)19(24)25)15(22(16)11-12)10-17(23)21(2)3/h4-9,11H,10H2,1-3H3,(H,24,25)/i2D3,3D3. The van der Waals surface area contributed by atoms with Gasteiger partial charge < -0.3 is 14.4 Å². The van der Waals surface area contributed by atoms with Crippen LogP contribution in [0.5, 0.6) is 0 Å². The topological polar surface area (TPSA) is 74.9 Å². The Morgan fingerprint density at radius 1 is 1.20 bits per heavy atom. The van der Waals surface area contributed by atoms with Gasteiger partial charge in [0, 0.05) is 33.9 Å². The second-order valence-corrected chi connectivity index (χ2v) is 5.63. The second-order valence-electron chi connectivity index (χ2n) is 5.63. The molecule has 6 heteroatoms. The van der Waals surface area contributed by atoms with E-state index in [4.69, 9.17) is 13.3 Å². The molecule has 0 saturated heterocycles. The van der Waals surface area contributed by atoms with Gasteiger partial charge in [0.15, 0.2) is 0 Å². The van der Waals surface area contributed by atoms with Crippen LogP contribution in [0.2, 0.25) is 0 Å². The molecule has 0 atom stereocenters. The first kappa shape index (κ1) is 10.7. The van der Waals surface area contributed by atoms with Crippen LogP contribution in [0, 0.1) is 6.92 Å². The smallest absolute Gasteiger partial charge is 0.335 e. The molecule has 0 aliphatic carbocycles. The molecule has 1 N–H and O–H groups in total. The van der Waals surface area contributed by atoms with E-state index < -0.39 is 32.2 Å². The number of carboxylic acids is 1. The molecule has 2 aromatic heterocycles. The zero-order valence-corrected chi connectivity index (χ0v) is 13.4. The first-order chi connectivity index (χ1) is 14.3. The number of imidazole rings is 1. The number of amides is 1. The third-order valence-electron chi connectivity index (χ3n) is 3.84. The van der Waals surface area contributed by atoms with Gasteiger partial charge >= 0.3 is 5.97 Å². The van der Waals surface area contributed by atoms with Crippen LogP contribution < -0.4 is 0 Å². The van der Waals surface area contributed by atoms with Crippen molar-refractivity contribution in [1.82, 2.24) is 14.3 Å². The molecule has 6 nitrogen and oxygen atoms in total. The summed E-state index contributed by atoms with van der Waals surface area (Å²) < 4.78 is 46.5. The summed E-state index contributed by atoms with van der Waals surface area (Å²) in [5.41, 5.74) is 2.51. The Bertz CT molecular complexity index is 1140. The van der Waals surface area contributed by atoms with Crippen LogP contribution in [0.15, 0.2) is 42.6 Å². The molecule has 2 heterocycles. The molecule has 3 aromatic rings. The number of nitrogens with zero attached hydrogens (tertiary/aromatic N) is 3. The van der Waals surface area contributed by atoms with Crippen LogP contribution in [0.4, 0.5) is 0 Å². The van der Waals surface area contributed by atoms with E-state index in [1.807, 2.05) is 13.0 Å². The molecule has 1 amide bonds. The Kier molecular flexibility index (Phi) is 2.73. The zero-order chi connectivity index (χ0) is 23.1. The van der Waals surface area contributed by atoms with Crippen LogP contribution in [-0.4, -0.2) is 45.2 Å². The second kappa shape index (κ2) is 6.39. The number of aromatic nitrogens is 2. The number of pyridine rings is 1. The van der Waals surface area contributed by atoms with E-state index in [-0.39, 0.29) is 10.5 Å². The number of fused-ring (bicyclic) bond motifs is 1. The monoisotopic (exact) mass is 343 g/mol. The molecule has 0 bridgehead atoms. The van der Waals surface area contributed by atoms with Crippen LogP contribution in [0.1, 0.15) is 29.8 Å². The van der Waals surface area contributed by atoms with Gasteiger partial charge in [0.25, 0.3) is 0 Å². The summed E-state index contributed by atoms with van der Waals surface area (Å²) in [5, 5.41) is 9.10. The van der Waals surface area contributed by atoms with Gasteiger partial charge in [-0.05, 0) is 30.7 Å². The van der Waals surface area contributed by atoms with Gasteiger partial charge in [-0.1, -0.05) is 18.2 Å². The molecule has 0 aliphatic heterocycles. The summed E-state index contributed by atoms with van der Waals surface area (Å²) in [7, 11) is 0. The molecule has 0 unspecified atom stereocenters. The van der Waals surface area contributed by atoms with E-state index in [1.165, 1.54) is 24.3 Å². The van der Waals surface area contributed by atoms with Gasteiger partial charge in [0.2, 0.25) is 5.91 Å². The van der Waals surface area contributed by atoms with Crippen molar-refractivity contribution < 1.29 is 22.9 Å². The number of carboxylic acid groups (broad SMARTS) is 1. The molecular formula is C19H19N3O3. The van der Waals surface area contributed by atoms with E-state index in [1.54, 1.807) is 16.7 Å². The van der Waals surface area contributed by atoms with Gasteiger partial charge in [-0.3, -0.25) is 4.79 Å². The van der Waals surface area contributed by atoms with E-state index in [2.05, 4.69) is 4.98 Å². The van der Waals surface area contributed by atoms with Gasteiger partial charge in [-0.15, -0.1) is 0 Å². The molecule has 3 rings (SSSR count). The lowest BCUT2D eigenvalue weighted by Gasteiger charge is -2.11. The minimum absolute atomic E-state index is 0.0666. The fourth-order valence-corrected chi connectivity index (χ4v) is 2.59. The van der Waals surface area contributed by atoms with Crippen LogP contribution in [0.25, 0.3) is 16.9 Å². The summed E-state index contributed by atoms with van der Waals surface area (Å²) in [5.74, 6) is -2.20. The third-order valence-corrected chi connectivity index (χ3v) is 3.84. The summed E-state index contributed by atoms with van der Waals surface area (Å²) >= 11 is 0. The molecule has 0 radical (unpaired) electrons. The van der Waals surface area contributed by atoms with Crippen LogP contribution >= 0.6 is 0 Å². The highest BCUT2D eigenvalue weighted by Crippen LogP contribution is 2.26. The number of hydrogen-bond donors (Lipinski definition) is 1. The van der Waals surface area contributed by atoms with Crippen molar-refractivity contribution in [3.63, 3.8) is 0 Å². The van der Waals surface area contributed by atoms with E-state index in [0.29, 0.717) is 22.6 Å². The van der Waals surface area contributed by atoms with Crippen molar-refractivity contribution in [2.24, 2.45) is 0 Å². The number of hydrogen-bond acceptors (Lipinski definition) is 3. The largest absolute Gasteiger partial charge is 0.478 e. The van der Waals surface area contributed by atoms with E-state index in [0.717, 1.165) is 5.56 Å². The van der Waals surface area contributed by atoms with Crippen molar-refractivity contribution in [2.45, 2.75) is 13.3 Å². The number of rotatable bonds is 4. The first-order valence-corrected chi connectivity index (χ1v) is 7.43. The minimum atomic E-state index is -3.15. The predicted molar refractivity (Wildman–Crippen MR) is 94.7 cm³/mol. The summed E-state index contributed by atoms with van der Waals surface area (Å²) in [6.45, 7) is -4.48. The highest BCUT2D eigenvalue weighted by Gasteiger charge is 2.18. The highest BCUT2D eigenvalue weighted by molar-refractivity contribution is 5.88. The molecule has 128 valence electrons. The van der Waals surface area contributed by atoms with Crippen LogP contribution in [-0.2, 0) is 11.2 Å². The summed E-state index contributed by atoms with van der Waals surface area (Å²) in [4.78, 5) is 28.4. The highest BCUT2D eigenvalue weighted by atomic mass is 16.4. The molecule has 0 saturated carbocycles. The number of likely N-dealkylation sites (N-methyl/N-ethyl adjacent to an activating group) is 1. The zero-order valence-electron chi connectivity index (χ0n) is 19.4. The quantitative estimate of drug-likeness (QED) is 0.790. The number of aryl methyl sites for hydroxylation is 1. The van der Waals surface area contributed by atoms with Crippen molar-refractivity contribution >= 4 is 17.5 Å². The normalized spacial score (nSPS) is 15.4. The Balaban J connectivity index is 2.14. The van der Waals surface area contributed by atoms with Crippen molar-refractivity contribution in [1.29, 1.82) is 0 Å². The number of aromatic carboxylic acids is 1. The maximum absolute atomic E-state index is 12.8. The molecule has 25 heavy (non-hydrogen) atoms. The summed E-state index contributed by atoms with van der Waals surface area (Å²) in [6, 6.07) is 9.34. The molecule has 1 aromatic carbocycles. The van der Waals surface area contributed by atoms with Gasteiger partial charge in [0.05, 0.1) is 23.4 Å². The average molecular weight is 343 g/mol. The van der Waals surface area contributed by atoms with Crippen molar-refractivity contribution in [2.75, 3.05) is 14.0 Å². The van der Waals surface area contributed by atoms with Crippen molar-refractivity contribution in [3.8, 4) is 11.3 Å². The predicted octanol–water partition coefficient (Wildman–Crippen LogP) is 2.64. The number of carbonyl (C=O) groups excluding carboxylic acids is 1. The van der Waals surface area contributed by atoms with Crippen LogP contribution in [0.3, 0.4) is 0 Å².